The zero-order valence-corrected chi connectivity index (χ0v) is 12.4. The molecule has 0 aliphatic heterocycles. The van der Waals surface area contributed by atoms with Crippen molar-refractivity contribution >= 4 is 5.82 Å². The van der Waals surface area contributed by atoms with Crippen LogP contribution < -0.4 is 10.1 Å². The third-order valence-corrected chi connectivity index (χ3v) is 3.28. The SMILES string of the molecule is COc1cccc(NC(C)(C)CCc2ccccc2)n1. The summed E-state index contributed by atoms with van der Waals surface area (Å²) in [7, 11) is 1.63. The molecule has 0 fully saturated rings. The van der Waals surface area contributed by atoms with Gasteiger partial charge in [-0.25, -0.2) is 0 Å². The van der Waals surface area contributed by atoms with Crippen molar-refractivity contribution < 1.29 is 4.74 Å². The Hall–Kier alpha value is -2.03. The maximum Gasteiger partial charge on any atom is 0.214 e. The minimum Gasteiger partial charge on any atom is -0.481 e. The summed E-state index contributed by atoms with van der Waals surface area (Å²) in [6.45, 7) is 4.38. The van der Waals surface area contributed by atoms with Crippen LogP contribution in [0.15, 0.2) is 48.5 Å². The highest BCUT2D eigenvalue weighted by molar-refractivity contribution is 5.39. The first kappa shape index (κ1) is 14.4. The average Bonchev–Trinajstić information content (AvgIpc) is 2.46. The normalized spacial score (nSPS) is 11.2. The molecule has 0 saturated heterocycles. The van der Waals surface area contributed by atoms with Crippen LogP contribution in [-0.4, -0.2) is 17.6 Å². The fraction of sp³-hybridized carbons (Fsp3) is 0.353. The van der Waals surface area contributed by atoms with Gasteiger partial charge in [0.15, 0.2) is 0 Å². The molecule has 0 amide bonds. The van der Waals surface area contributed by atoms with Gasteiger partial charge in [-0.3, -0.25) is 0 Å². The number of aryl methyl sites for hydroxylation is 1. The van der Waals surface area contributed by atoms with Crippen LogP contribution in [0.25, 0.3) is 0 Å². The van der Waals surface area contributed by atoms with E-state index in [4.69, 9.17) is 4.74 Å². The molecule has 0 bridgehead atoms. The number of pyridine rings is 1. The molecule has 1 N–H and O–H groups in total. The van der Waals surface area contributed by atoms with Crippen molar-refractivity contribution in [2.45, 2.75) is 32.2 Å². The minimum atomic E-state index is -0.0186. The van der Waals surface area contributed by atoms with Crippen molar-refractivity contribution in [2.24, 2.45) is 0 Å². The van der Waals surface area contributed by atoms with Crippen LogP contribution in [0.2, 0.25) is 0 Å². The molecule has 0 saturated carbocycles. The number of rotatable bonds is 6. The first-order valence-corrected chi connectivity index (χ1v) is 6.92. The Morgan fingerprint density at radius 2 is 1.80 bits per heavy atom. The molecule has 2 rings (SSSR count). The highest BCUT2D eigenvalue weighted by atomic mass is 16.5. The van der Waals surface area contributed by atoms with Crippen LogP contribution in [0.5, 0.6) is 5.88 Å². The van der Waals surface area contributed by atoms with E-state index in [2.05, 4.69) is 48.4 Å². The van der Waals surface area contributed by atoms with Crippen LogP contribution >= 0.6 is 0 Å². The molecule has 0 aliphatic rings. The lowest BCUT2D eigenvalue weighted by Gasteiger charge is -2.27. The van der Waals surface area contributed by atoms with Crippen molar-refractivity contribution in [3.05, 3.63) is 54.1 Å². The molecule has 0 atom stereocenters. The van der Waals surface area contributed by atoms with Crippen molar-refractivity contribution in [3.8, 4) is 5.88 Å². The summed E-state index contributed by atoms with van der Waals surface area (Å²) in [5.41, 5.74) is 1.34. The number of anilines is 1. The molecule has 1 heterocycles. The van der Waals surface area contributed by atoms with Gasteiger partial charge in [-0.05, 0) is 38.3 Å². The van der Waals surface area contributed by atoms with Crippen molar-refractivity contribution in [1.82, 2.24) is 4.98 Å². The third kappa shape index (κ3) is 4.26. The largest absolute Gasteiger partial charge is 0.481 e. The number of methoxy groups -OCH3 is 1. The zero-order chi connectivity index (χ0) is 14.4. The zero-order valence-electron chi connectivity index (χ0n) is 12.4. The van der Waals surface area contributed by atoms with E-state index >= 15 is 0 Å². The molecular formula is C17H22N2O. The summed E-state index contributed by atoms with van der Waals surface area (Å²) in [4.78, 5) is 4.40. The molecule has 20 heavy (non-hydrogen) atoms. The minimum absolute atomic E-state index is 0.0186. The summed E-state index contributed by atoms with van der Waals surface area (Å²) < 4.78 is 5.15. The van der Waals surface area contributed by atoms with Crippen LogP contribution in [0.4, 0.5) is 5.82 Å². The summed E-state index contributed by atoms with van der Waals surface area (Å²) in [5, 5.41) is 3.47. The summed E-state index contributed by atoms with van der Waals surface area (Å²) in [6, 6.07) is 16.3. The lowest BCUT2D eigenvalue weighted by Crippen LogP contribution is -2.31. The van der Waals surface area contributed by atoms with Crippen LogP contribution in [0, 0.1) is 0 Å². The van der Waals surface area contributed by atoms with Crippen LogP contribution in [0.1, 0.15) is 25.8 Å². The Morgan fingerprint density at radius 3 is 2.50 bits per heavy atom. The van der Waals surface area contributed by atoms with Gasteiger partial charge in [0.1, 0.15) is 5.82 Å². The number of hydrogen-bond acceptors (Lipinski definition) is 3. The van der Waals surface area contributed by atoms with Gasteiger partial charge in [-0.2, -0.15) is 4.98 Å². The number of hydrogen-bond donors (Lipinski definition) is 1. The van der Waals surface area contributed by atoms with E-state index in [0.717, 1.165) is 18.7 Å². The fourth-order valence-corrected chi connectivity index (χ4v) is 2.11. The van der Waals surface area contributed by atoms with E-state index in [9.17, 15) is 0 Å². The van der Waals surface area contributed by atoms with E-state index in [1.165, 1.54) is 5.56 Å². The van der Waals surface area contributed by atoms with Gasteiger partial charge < -0.3 is 10.1 Å². The molecular weight excluding hydrogens is 248 g/mol. The van der Waals surface area contributed by atoms with E-state index in [0.29, 0.717) is 5.88 Å². The number of nitrogens with one attached hydrogen (secondary N) is 1. The lowest BCUT2D eigenvalue weighted by atomic mass is 9.95. The average molecular weight is 270 g/mol. The Kier molecular flexibility index (Phi) is 4.61. The molecule has 3 nitrogen and oxygen atoms in total. The molecule has 0 unspecified atom stereocenters. The van der Waals surface area contributed by atoms with Gasteiger partial charge in [-0.1, -0.05) is 36.4 Å². The quantitative estimate of drug-likeness (QED) is 0.864. The summed E-state index contributed by atoms with van der Waals surface area (Å²) >= 11 is 0. The second-order valence-electron chi connectivity index (χ2n) is 5.56. The predicted octanol–water partition coefficient (Wildman–Crippen LogP) is 3.91. The van der Waals surface area contributed by atoms with E-state index in [1.807, 2.05) is 24.3 Å². The third-order valence-electron chi connectivity index (χ3n) is 3.28. The second kappa shape index (κ2) is 6.42. The highest BCUT2D eigenvalue weighted by Gasteiger charge is 2.18. The monoisotopic (exact) mass is 270 g/mol. The van der Waals surface area contributed by atoms with Crippen LogP contribution in [-0.2, 0) is 6.42 Å². The standard InChI is InChI=1S/C17H22N2O/c1-17(2,13-12-14-8-5-4-6-9-14)19-15-10-7-11-16(18-15)20-3/h4-11H,12-13H2,1-3H3,(H,18,19). The molecule has 0 spiro atoms. The van der Waals surface area contributed by atoms with Gasteiger partial charge in [0, 0.05) is 11.6 Å². The van der Waals surface area contributed by atoms with Gasteiger partial charge in [-0.15, -0.1) is 0 Å². The van der Waals surface area contributed by atoms with Crippen molar-refractivity contribution in [1.29, 1.82) is 0 Å². The van der Waals surface area contributed by atoms with E-state index in [-0.39, 0.29) is 5.54 Å². The molecule has 106 valence electrons. The lowest BCUT2D eigenvalue weighted by molar-refractivity contribution is 0.397. The van der Waals surface area contributed by atoms with Gasteiger partial charge in [0.05, 0.1) is 7.11 Å². The smallest absolute Gasteiger partial charge is 0.214 e. The Bertz CT molecular complexity index is 538. The van der Waals surface area contributed by atoms with Crippen molar-refractivity contribution in [3.63, 3.8) is 0 Å². The molecule has 1 aromatic heterocycles. The Morgan fingerprint density at radius 1 is 1.05 bits per heavy atom. The topological polar surface area (TPSA) is 34.1 Å². The predicted molar refractivity (Wildman–Crippen MR) is 83.3 cm³/mol. The van der Waals surface area contributed by atoms with Crippen molar-refractivity contribution in [2.75, 3.05) is 12.4 Å². The molecule has 1 aromatic carbocycles. The number of nitrogens with zero attached hydrogens (tertiary/aromatic N) is 1. The van der Waals surface area contributed by atoms with E-state index < -0.39 is 0 Å². The number of aromatic nitrogens is 1. The van der Waals surface area contributed by atoms with Crippen LogP contribution in [0.3, 0.4) is 0 Å². The van der Waals surface area contributed by atoms with Gasteiger partial charge in [0.2, 0.25) is 5.88 Å². The second-order valence-corrected chi connectivity index (χ2v) is 5.56. The molecule has 2 aromatic rings. The Balaban J connectivity index is 1.96. The van der Waals surface area contributed by atoms with Gasteiger partial charge >= 0.3 is 0 Å². The Labute approximate surface area is 121 Å². The molecule has 0 radical (unpaired) electrons. The molecule has 3 heteroatoms. The summed E-state index contributed by atoms with van der Waals surface area (Å²) in [5.74, 6) is 1.48. The van der Waals surface area contributed by atoms with Gasteiger partial charge in [0.25, 0.3) is 0 Å². The fourth-order valence-electron chi connectivity index (χ4n) is 2.11. The first-order chi connectivity index (χ1) is 9.59. The summed E-state index contributed by atoms with van der Waals surface area (Å²) in [6.07, 6.45) is 2.08. The number of benzene rings is 1. The maximum absolute atomic E-state index is 5.15. The van der Waals surface area contributed by atoms with E-state index in [1.54, 1.807) is 7.11 Å². The maximum atomic E-state index is 5.15. The first-order valence-electron chi connectivity index (χ1n) is 6.92. The number of ether oxygens (including phenoxy) is 1. The molecule has 0 aliphatic carbocycles. The highest BCUT2D eigenvalue weighted by Crippen LogP contribution is 2.20.